The second kappa shape index (κ2) is 6.13. The third-order valence-corrected chi connectivity index (χ3v) is 3.92. The number of urea groups is 1. The summed E-state index contributed by atoms with van der Waals surface area (Å²) >= 11 is 0. The molecule has 1 aromatic rings. The number of carbonyl (C=O) groups is 2. The van der Waals surface area contributed by atoms with Crippen LogP contribution in [0.15, 0.2) is 18.2 Å². The van der Waals surface area contributed by atoms with Crippen LogP contribution in [0.3, 0.4) is 0 Å². The lowest BCUT2D eigenvalue weighted by Crippen LogP contribution is -2.47. The van der Waals surface area contributed by atoms with E-state index in [0.717, 1.165) is 6.42 Å². The molecular formula is C15H20N2O4. The third-order valence-electron chi connectivity index (χ3n) is 3.92. The summed E-state index contributed by atoms with van der Waals surface area (Å²) in [6.07, 6.45) is 0.269. The number of benzene rings is 1. The molecule has 1 aliphatic rings. The van der Waals surface area contributed by atoms with Crippen LogP contribution in [-0.2, 0) is 0 Å². The van der Waals surface area contributed by atoms with Crippen LogP contribution in [0, 0.1) is 12.8 Å². The summed E-state index contributed by atoms with van der Waals surface area (Å²) in [6.45, 7) is 4.64. The normalized spacial score (nSPS) is 22.0. The molecule has 21 heavy (non-hydrogen) atoms. The average Bonchev–Trinajstić information content (AvgIpc) is 2.43. The quantitative estimate of drug-likeness (QED) is 0.777. The van der Waals surface area contributed by atoms with E-state index in [0.29, 0.717) is 24.3 Å². The molecule has 1 aromatic carbocycles. The number of amides is 2. The topological polar surface area (TPSA) is 89.9 Å². The van der Waals surface area contributed by atoms with Gasteiger partial charge < -0.3 is 20.4 Å². The summed E-state index contributed by atoms with van der Waals surface area (Å²) in [5, 5.41) is 21.5. The van der Waals surface area contributed by atoms with Gasteiger partial charge in [-0.15, -0.1) is 0 Å². The van der Waals surface area contributed by atoms with Gasteiger partial charge in [0.25, 0.3) is 0 Å². The van der Waals surface area contributed by atoms with Gasteiger partial charge in [-0.3, -0.25) is 0 Å². The van der Waals surface area contributed by atoms with Crippen LogP contribution in [0.5, 0.6) is 0 Å². The molecule has 6 heteroatoms. The van der Waals surface area contributed by atoms with Crippen LogP contribution in [0.1, 0.15) is 29.3 Å². The zero-order chi connectivity index (χ0) is 15.6. The van der Waals surface area contributed by atoms with Gasteiger partial charge in [0, 0.05) is 18.8 Å². The number of hydrogen-bond donors (Lipinski definition) is 3. The van der Waals surface area contributed by atoms with Crippen molar-refractivity contribution in [1.29, 1.82) is 0 Å². The fourth-order valence-electron chi connectivity index (χ4n) is 2.36. The number of hydrogen-bond acceptors (Lipinski definition) is 3. The minimum absolute atomic E-state index is 0.188. The maximum absolute atomic E-state index is 12.2. The third kappa shape index (κ3) is 3.52. The van der Waals surface area contributed by atoms with Gasteiger partial charge in [-0.2, -0.15) is 0 Å². The molecule has 114 valence electrons. The van der Waals surface area contributed by atoms with E-state index in [1.807, 2.05) is 6.92 Å². The van der Waals surface area contributed by atoms with Gasteiger partial charge in [0.15, 0.2) is 0 Å². The molecule has 2 unspecified atom stereocenters. The second-order valence-electron chi connectivity index (χ2n) is 5.54. The largest absolute Gasteiger partial charge is 0.478 e. The van der Waals surface area contributed by atoms with Crippen molar-refractivity contribution in [3.8, 4) is 0 Å². The highest BCUT2D eigenvalue weighted by molar-refractivity contribution is 5.92. The van der Waals surface area contributed by atoms with Crippen molar-refractivity contribution in [2.75, 3.05) is 18.4 Å². The summed E-state index contributed by atoms with van der Waals surface area (Å²) < 4.78 is 0. The molecule has 0 spiro atoms. The zero-order valence-electron chi connectivity index (χ0n) is 12.2. The highest BCUT2D eigenvalue weighted by atomic mass is 16.4. The Morgan fingerprint density at radius 2 is 2.10 bits per heavy atom. The summed E-state index contributed by atoms with van der Waals surface area (Å²) in [6, 6.07) is 4.29. The van der Waals surface area contributed by atoms with Crippen molar-refractivity contribution in [2.45, 2.75) is 26.4 Å². The molecule has 0 radical (unpaired) electrons. The summed E-state index contributed by atoms with van der Waals surface area (Å²) in [5.41, 5.74) is 1.46. The van der Waals surface area contributed by atoms with Gasteiger partial charge in [0.05, 0.1) is 11.7 Å². The van der Waals surface area contributed by atoms with Crippen LogP contribution >= 0.6 is 0 Å². The SMILES string of the molecule is Cc1cc(C(=O)O)ccc1NC(=O)N1CCC(C)C(O)C1. The van der Waals surface area contributed by atoms with Crippen molar-refractivity contribution in [2.24, 2.45) is 5.92 Å². The molecule has 2 atom stereocenters. The number of aliphatic hydroxyl groups excluding tert-OH is 1. The summed E-state index contributed by atoms with van der Waals surface area (Å²) in [4.78, 5) is 24.6. The first-order valence-electron chi connectivity index (χ1n) is 6.96. The first-order valence-corrected chi connectivity index (χ1v) is 6.96. The lowest BCUT2D eigenvalue weighted by molar-refractivity contribution is 0.0463. The molecule has 2 rings (SSSR count). The van der Waals surface area contributed by atoms with E-state index < -0.39 is 12.1 Å². The van der Waals surface area contributed by atoms with Crippen LogP contribution in [-0.4, -0.2) is 46.3 Å². The van der Waals surface area contributed by atoms with Crippen molar-refractivity contribution < 1.29 is 19.8 Å². The van der Waals surface area contributed by atoms with Crippen LogP contribution in [0.25, 0.3) is 0 Å². The number of piperidine rings is 1. The zero-order valence-corrected chi connectivity index (χ0v) is 12.2. The molecule has 3 N–H and O–H groups in total. The summed E-state index contributed by atoms with van der Waals surface area (Å²) in [7, 11) is 0. The Labute approximate surface area is 123 Å². The van der Waals surface area contributed by atoms with E-state index in [2.05, 4.69) is 5.32 Å². The van der Waals surface area contributed by atoms with E-state index >= 15 is 0 Å². The fourth-order valence-corrected chi connectivity index (χ4v) is 2.36. The van der Waals surface area contributed by atoms with Gasteiger partial charge in [-0.1, -0.05) is 6.92 Å². The van der Waals surface area contributed by atoms with Gasteiger partial charge in [0.2, 0.25) is 0 Å². The lowest BCUT2D eigenvalue weighted by atomic mass is 9.96. The average molecular weight is 292 g/mol. The number of aromatic carboxylic acids is 1. The van der Waals surface area contributed by atoms with Crippen molar-refractivity contribution in [3.63, 3.8) is 0 Å². The van der Waals surface area contributed by atoms with Gasteiger partial charge in [0.1, 0.15) is 0 Å². The Balaban J connectivity index is 2.04. The highest BCUT2D eigenvalue weighted by Crippen LogP contribution is 2.20. The molecule has 0 bridgehead atoms. The Kier molecular flexibility index (Phi) is 4.47. The fraction of sp³-hybridized carbons (Fsp3) is 0.467. The molecule has 6 nitrogen and oxygen atoms in total. The number of aryl methyl sites for hydroxylation is 1. The first kappa shape index (κ1) is 15.3. The Hall–Kier alpha value is -2.08. The number of carboxylic acids is 1. The molecule has 1 aliphatic heterocycles. The Bertz CT molecular complexity index is 559. The molecule has 0 saturated carbocycles. The number of nitrogens with zero attached hydrogens (tertiary/aromatic N) is 1. The number of rotatable bonds is 2. The monoisotopic (exact) mass is 292 g/mol. The van der Waals surface area contributed by atoms with Gasteiger partial charge >= 0.3 is 12.0 Å². The molecule has 0 aliphatic carbocycles. The molecular weight excluding hydrogens is 272 g/mol. The predicted molar refractivity (Wildman–Crippen MR) is 78.5 cm³/mol. The van der Waals surface area contributed by atoms with Crippen molar-refractivity contribution >= 4 is 17.7 Å². The lowest BCUT2D eigenvalue weighted by Gasteiger charge is -2.34. The van der Waals surface area contributed by atoms with Gasteiger partial charge in [-0.25, -0.2) is 9.59 Å². The summed E-state index contributed by atoms with van der Waals surface area (Å²) in [5.74, 6) is -0.797. The maximum Gasteiger partial charge on any atom is 0.335 e. The molecule has 1 heterocycles. The number of aliphatic hydroxyl groups is 1. The van der Waals surface area contributed by atoms with Crippen LogP contribution < -0.4 is 5.32 Å². The Morgan fingerprint density at radius 3 is 2.67 bits per heavy atom. The predicted octanol–water partition coefficient (Wildman–Crippen LogP) is 1.93. The highest BCUT2D eigenvalue weighted by Gasteiger charge is 2.27. The van der Waals surface area contributed by atoms with E-state index in [1.54, 1.807) is 17.9 Å². The number of carbonyl (C=O) groups excluding carboxylic acids is 1. The number of carboxylic acid groups (broad SMARTS) is 1. The Morgan fingerprint density at radius 1 is 1.38 bits per heavy atom. The van der Waals surface area contributed by atoms with Crippen molar-refractivity contribution in [1.82, 2.24) is 4.90 Å². The smallest absolute Gasteiger partial charge is 0.335 e. The first-order chi connectivity index (χ1) is 9.88. The van der Waals surface area contributed by atoms with Crippen LogP contribution in [0.2, 0.25) is 0 Å². The van der Waals surface area contributed by atoms with E-state index in [9.17, 15) is 14.7 Å². The molecule has 1 saturated heterocycles. The minimum Gasteiger partial charge on any atom is -0.478 e. The van der Waals surface area contributed by atoms with Gasteiger partial charge in [-0.05, 0) is 43.0 Å². The van der Waals surface area contributed by atoms with E-state index in [4.69, 9.17) is 5.11 Å². The number of β-amino-alcohol motifs (C(OH)–C–C–N with tert-alkyl or cyclic N) is 1. The molecule has 0 aromatic heterocycles. The number of nitrogens with one attached hydrogen (secondary N) is 1. The molecule has 1 fully saturated rings. The van der Waals surface area contributed by atoms with E-state index in [1.165, 1.54) is 12.1 Å². The number of anilines is 1. The number of likely N-dealkylation sites (tertiary alicyclic amines) is 1. The van der Waals surface area contributed by atoms with Crippen LogP contribution in [0.4, 0.5) is 10.5 Å². The molecule has 2 amide bonds. The van der Waals surface area contributed by atoms with Crippen molar-refractivity contribution in [3.05, 3.63) is 29.3 Å². The standard InChI is InChI=1S/C15H20N2O4/c1-9-5-6-17(8-13(9)18)15(21)16-12-4-3-11(14(19)20)7-10(12)2/h3-4,7,9,13,18H,5-6,8H2,1-2H3,(H,16,21)(H,19,20). The van der Waals surface area contributed by atoms with E-state index in [-0.39, 0.29) is 17.5 Å². The maximum atomic E-state index is 12.2. The minimum atomic E-state index is -0.996. The second-order valence-corrected chi connectivity index (χ2v) is 5.54.